The van der Waals surface area contributed by atoms with Crippen LogP contribution in [0.2, 0.25) is 0 Å². The van der Waals surface area contributed by atoms with Gasteiger partial charge in [-0.1, -0.05) is 41.6 Å². The number of aromatic amines is 1. The second kappa shape index (κ2) is 9.69. The number of nitrogens with one attached hydrogen (secondary N) is 1. The Bertz CT molecular complexity index is 1370. The first-order valence-corrected chi connectivity index (χ1v) is 11.8. The van der Waals surface area contributed by atoms with Crippen molar-refractivity contribution in [3.63, 3.8) is 0 Å². The second-order valence-corrected chi connectivity index (χ2v) is 9.04. The highest BCUT2D eigenvalue weighted by atomic mass is 32.2. The monoisotopic (exact) mass is 474 g/mol. The third-order valence-corrected chi connectivity index (χ3v) is 6.58. The lowest BCUT2D eigenvalue weighted by Crippen LogP contribution is -2.07. The highest BCUT2D eigenvalue weighted by molar-refractivity contribution is 7.99. The fourth-order valence-corrected chi connectivity index (χ4v) is 4.82. The van der Waals surface area contributed by atoms with Gasteiger partial charge in [0.25, 0.3) is 0 Å². The standard InChI is InChI=1S/C26H26N4O3S/c1-15-9-11-20(12-10-15)30-25(19-7-6-8-21(13-19)33-5)28-29-26(30)34-14-22(32)24-16(2)23(18(4)31)17(3)27-24/h6-13,27H,14H2,1-5H3. The van der Waals surface area contributed by atoms with Gasteiger partial charge in [0, 0.05) is 22.5 Å². The molecule has 4 rings (SSSR count). The number of Topliss-reactive ketones (excluding diaryl/α,β-unsaturated/α-hetero) is 2. The molecule has 7 nitrogen and oxygen atoms in total. The number of nitrogens with zero attached hydrogens (tertiary/aromatic N) is 3. The molecule has 4 aromatic rings. The summed E-state index contributed by atoms with van der Waals surface area (Å²) in [6.45, 7) is 7.15. The molecule has 0 atom stereocenters. The number of aryl methyl sites for hydroxylation is 2. The molecule has 0 spiro atoms. The Kier molecular flexibility index (Phi) is 6.70. The molecule has 0 amide bonds. The lowest BCUT2D eigenvalue weighted by molar-refractivity contribution is 0.101. The van der Waals surface area contributed by atoms with Crippen LogP contribution in [0.5, 0.6) is 5.75 Å². The van der Waals surface area contributed by atoms with Crippen LogP contribution in [0, 0.1) is 20.8 Å². The molecule has 0 saturated heterocycles. The minimum absolute atomic E-state index is 0.0556. The number of carbonyl (C=O) groups is 2. The number of rotatable bonds is 8. The molecule has 8 heteroatoms. The van der Waals surface area contributed by atoms with Crippen LogP contribution in [0.15, 0.2) is 53.7 Å². The lowest BCUT2D eigenvalue weighted by Gasteiger charge is -2.11. The third-order valence-electron chi connectivity index (χ3n) is 5.65. The number of aromatic nitrogens is 4. The summed E-state index contributed by atoms with van der Waals surface area (Å²) in [5, 5.41) is 9.45. The highest BCUT2D eigenvalue weighted by Crippen LogP contribution is 2.30. The first kappa shape index (κ1) is 23.5. The van der Waals surface area contributed by atoms with Crippen molar-refractivity contribution in [3.8, 4) is 22.8 Å². The van der Waals surface area contributed by atoms with Gasteiger partial charge in [0.15, 0.2) is 22.5 Å². The van der Waals surface area contributed by atoms with E-state index in [-0.39, 0.29) is 17.3 Å². The molecule has 0 aliphatic carbocycles. The van der Waals surface area contributed by atoms with E-state index in [1.165, 1.54) is 18.7 Å². The van der Waals surface area contributed by atoms with Crippen LogP contribution in [0.1, 0.15) is 44.6 Å². The van der Waals surface area contributed by atoms with E-state index in [2.05, 4.69) is 15.2 Å². The minimum atomic E-state index is -0.0977. The van der Waals surface area contributed by atoms with Gasteiger partial charge in [-0.2, -0.15) is 0 Å². The molecule has 0 aliphatic rings. The van der Waals surface area contributed by atoms with Gasteiger partial charge in [-0.15, -0.1) is 10.2 Å². The Morgan fingerprint density at radius 3 is 2.44 bits per heavy atom. The van der Waals surface area contributed by atoms with Crippen LogP contribution < -0.4 is 4.74 Å². The smallest absolute Gasteiger partial charge is 0.196 e. The summed E-state index contributed by atoms with van der Waals surface area (Å²) in [4.78, 5) is 28.1. The second-order valence-electron chi connectivity index (χ2n) is 8.10. The van der Waals surface area contributed by atoms with Crippen molar-refractivity contribution in [1.29, 1.82) is 0 Å². The number of thioether (sulfide) groups is 1. The molecular weight excluding hydrogens is 448 g/mol. The molecule has 0 fully saturated rings. The third kappa shape index (κ3) is 4.54. The van der Waals surface area contributed by atoms with E-state index < -0.39 is 0 Å². The van der Waals surface area contributed by atoms with Crippen molar-refractivity contribution < 1.29 is 14.3 Å². The van der Waals surface area contributed by atoms with E-state index in [0.717, 1.165) is 22.6 Å². The zero-order valence-corrected chi connectivity index (χ0v) is 20.6. The number of benzene rings is 2. The van der Waals surface area contributed by atoms with Gasteiger partial charge in [-0.05, 0) is 57.5 Å². The Morgan fingerprint density at radius 1 is 1.06 bits per heavy atom. The summed E-state index contributed by atoms with van der Waals surface area (Å²) in [5.41, 5.74) is 5.33. The van der Waals surface area contributed by atoms with E-state index in [9.17, 15) is 9.59 Å². The van der Waals surface area contributed by atoms with Crippen LogP contribution >= 0.6 is 11.8 Å². The maximum atomic E-state index is 13.0. The van der Waals surface area contributed by atoms with Gasteiger partial charge < -0.3 is 9.72 Å². The average Bonchev–Trinajstić information content (AvgIpc) is 3.38. The Morgan fingerprint density at radius 2 is 1.79 bits per heavy atom. The number of hydrogen-bond donors (Lipinski definition) is 1. The molecule has 0 saturated carbocycles. The number of carbonyl (C=O) groups excluding carboxylic acids is 2. The van der Waals surface area contributed by atoms with Crippen LogP contribution in [0.3, 0.4) is 0 Å². The zero-order valence-electron chi connectivity index (χ0n) is 19.8. The number of ether oxygens (including phenoxy) is 1. The SMILES string of the molecule is COc1cccc(-c2nnc(SCC(=O)c3[nH]c(C)c(C(C)=O)c3C)n2-c2ccc(C)cc2)c1. The number of hydrogen-bond acceptors (Lipinski definition) is 6. The molecule has 1 N–H and O–H groups in total. The fraction of sp³-hybridized carbons (Fsp3) is 0.231. The molecule has 0 unspecified atom stereocenters. The Balaban J connectivity index is 1.69. The van der Waals surface area contributed by atoms with Crippen molar-refractivity contribution >= 4 is 23.3 Å². The number of methoxy groups -OCH3 is 1. The molecular formula is C26H26N4O3S. The summed E-state index contributed by atoms with van der Waals surface area (Å²) in [5.74, 6) is 1.38. The quantitative estimate of drug-likeness (QED) is 0.273. The van der Waals surface area contributed by atoms with Crippen LogP contribution in [-0.4, -0.2) is 44.2 Å². The van der Waals surface area contributed by atoms with Gasteiger partial charge in [0.1, 0.15) is 5.75 Å². The number of H-pyrrole nitrogens is 1. The summed E-state index contributed by atoms with van der Waals surface area (Å²) in [6, 6.07) is 15.7. The molecule has 174 valence electrons. The van der Waals surface area contributed by atoms with E-state index in [1.807, 2.05) is 66.9 Å². The number of ketones is 2. The molecule has 0 aliphatic heterocycles. The van der Waals surface area contributed by atoms with Gasteiger partial charge in [0.05, 0.1) is 18.6 Å². The van der Waals surface area contributed by atoms with E-state index >= 15 is 0 Å². The Hall–Kier alpha value is -3.65. The predicted octanol–water partition coefficient (Wildman–Crippen LogP) is 5.37. The highest BCUT2D eigenvalue weighted by Gasteiger charge is 2.22. The van der Waals surface area contributed by atoms with Crippen molar-refractivity contribution in [2.45, 2.75) is 32.9 Å². The average molecular weight is 475 g/mol. The minimum Gasteiger partial charge on any atom is -0.497 e. The first-order valence-electron chi connectivity index (χ1n) is 10.8. The molecule has 0 radical (unpaired) electrons. The van der Waals surface area contributed by atoms with Gasteiger partial charge in [-0.25, -0.2) is 0 Å². The largest absolute Gasteiger partial charge is 0.497 e. The maximum Gasteiger partial charge on any atom is 0.196 e. The molecule has 2 aromatic carbocycles. The summed E-state index contributed by atoms with van der Waals surface area (Å²) in [7, 11) is 1.62. The van der Waals surface area contributed by atoms with Gasteiger partial charge in [0.2, 0.25) is 0 Å². The fourth-order valence-electron chi connectivity index (χ4n) is 4.00. The van der Waals surface area contributed by atoms with Crippen LogP contribution in [0.4, 0.5) is 0 Å². The summed E-state index contributed by atoms with van der Waals surface area (Å²) in [6.07, 6.45) is 0. The lowest BCUT2D eigenvalue weighted by atomic mass is 10.1. The molecule has 0 bridgehead atoms. The van der Waals surface area contributed by atoms with E-state index in [4.69, 9.17) is 4.74 Å². The zero-order chi connectivity index (χ0) is 24.4. The molecule has 2 heterocycles. The van der Waals surface area contributed by atoms with Crippen molar-refractivity contribution in [2.24, 2.45) is 0 Å². The van der Waals surface area contributed by atoms with Crippen LogP contribution in [0.25, 0.3) is 17.1 Å². The van der Waals surface area contributed by atoms with E-state index in [0.29, 0.717) is 33.5 Å². The topological polar surface area (TPSA) is 89.9 Å². The first-order chi connectivity index (χ1) is 16.3. The van der Waals surface area contributed by atoms with Crippen LogP contribution in [-0.2, 0) is 0 Å². The van der Waals surface area contributed by atoms with Crippen molar-refractivity contribution in [1.82, 2.24) is 19.7 Å². The maximum absolute atomic E-state index is 13.0. The molecule has 34 heavy (non-hydrogen) atoms. The predicted molar refractivity (Wildman–Crippen MR) is 133 cm³/mol. The summed E-state index contributed by atoms with van der Waals surface area (Å²) < 4.78 is 7.32. The van der Waals surface area contributed by atoms with Crippen molar-refractivity contribution in [3.05, 3.63) is 76.6 Å². The van der Waals surface area contributed by atoms with Gasteiger partial charge in [-0.3, -0.25) is 14.2 Å². The van der Waals surface area contributed by atoms with Gasteiger partial charge >= 0.3 is 0 Å². The normalized spacial score (nSPS) is 11.0. The summed E-state index contributed by atoms with van der Waals surface area (Å²) >= 11 is 1.31. The van der Waals surface area contributed by atoms with Crippen molar-refractivity contribution in [2.75, 3.05) is 12.9 Å². The molecule has 2 aromatic heterocycles. The van der Waals surface area contributed by atoms with E-state index in [1.54, 1.807) is 14.0 Å². The Labute approximate surface area is 202 Å².